The maximum Gasteiger partial charge on any atom is 0.410 e. The van der Waals surface area contributed by atoms with Gasteiger partial charge in [-0.1, -0.05) is 0 Å². The van der Waals surface area contributed by atoms with E-state index in [9.17, 15) is 4.79 Å². The van der Waals surface area contributed by atoms with E-state index < -0.39 is 0 Å². The Balaban J connectivity index is 2.45. The third-order valence-corrected chi connectivity index (χ3v) is 2.16. The van der Waals surface area contributed by atoms with Crippen LogP contribution in [-0.4, -0.2) is 41.4 Å². The monoisotopic (exact) mass is 187 g/mol. The number of rotatable bonds is 2. The first-order valence-corrected chi connectivity index (χ1v) is 4.73. The summed E-state index contributed by atoms with van der Waals surface area (Å²) in [6.45, 7) is 4.38. The van der Waals surface area contributed by atoms with Crippen LogP contribution in [0.25, 0.3) is 0 Å². The zero-order chi connectivity index (χ0) is 9.84. The number of likely N-dealkylation sites (tertiary alicyclic amines) is 1. The number of carbonyl (C=O) groups excluding carboxylic acids is 1. The second-order valence-corrected chi connectivity index (χ2v) is 3.60. The highest BCUT2D eigenvalue weighted by atomic mass is 16.6. The second-order valence-electron chi connectivity index (χ2n) is 3.60. The maximum atomic E-state index is 11.4. The summed E-state index contributed by atoms with van der Waals surface area (Å²) < 4.78 is 5.04. The number of hydrogen-bond donors (Lipinski definition) is 1. The molecule has 1 unspecified atom stereocenters. The standard InChI is InChI=1S/C9H17NO3/c1-7(2)13-9(12)10-5-3-4-8(10)6-11/h7-8,11H,3-6H2,1-2H3. The molecule has 0 spiro atoms. The first kappa shape index (κ1) is 10.3. The van der Waals surface area contributed by atoms with Crippen molar-refractivity contribution in [3.8, 4) is 0 Å². The van der Waals surface area contributed by atoms with Crippen LogP contribution in [-0.2, 0) is 4.74 Å². The van der Waals surface area contributed by atoms with Gasteiger partial charge in [-0.05, 0) is 26.7 Å². The Hall–Kier alpha value is -0.770. The molecule has 0 bridgehead atoms. The van der Waals surface area contributed by atoms with Crippen molar-refractivity contribution in [1.82, 2.24) is 4.90 Å². The van der Waals surface area contributed by atoms with Crippen molar-refractivity contribution in [3.63, 3.8) is 0 Å². The number of nitrogens with zero attached hydrogens (tertiary/aromatic N) is 1. The van der Waals surface area contributed by atoms with E-state index in [0.29, 0.717) is 6.54 Å². The summed E-state index contributed by atoms with van der Waals surface area (Å²) in [4.78, 5) is 13.0. The van der Waals surface area contributed by atoms with Gasteiger partial charge in [0.25, 0.3) is 0 Å². The lowest BCUT2D eigenvalue weighted by molar-refractivity contribution is 0.0634. The van der Waals surface area contributed by atoms with E-state index >= 15 is 0 Å². The fraction of sp³-hybridized carbons (Fsp3) is 0.889. The van der Waals surface area contributed by atoms with Crippen LogP contribution in [0.5, 0.6) is 0 Å². The summed E-state index contributed by atoms with van der Waals surface area (Å²) in [6.07, 6.45) is 1.45. The van der Waals surface area contributed by atoms with Crippen molar-refractivity contribution in [3.05, 3.63) is 0 Å². The van der Waals surface area contributed by atoms with Gasteiger partial charge in [0.2, 0.25) is 0 Å². The number of carbonyl (C=O) groups is 1. The molecule has 1 amide bonds. The summed E-state index contributed by atoms with van der Waals surface area (Å²) in [7, 11) is 0. The van der Waals surface area contributed by atoms with Crippen molar-refractivity contribution < 1.29 is 14.6 Å². The summed E-state index contributed by atoms with van der Waals surface area (Å²) in [6, 6.07) is -0.0359. The molecule has 1 N–H and O–H groups in total. The lowest BCUT2D eigenvalue weighted by Gasteiger charge is -2.23. The molecule has 1 heterocycles. The molecule has 1 atom stereocenters. The predicted octanol–water partition coefficient (Wildman–Crippen LogP) is 0.988. The lowest BCUT2D eigenvalue weighted by Crippen LogP contribution is -2.38. The van der Waals surface area contributed by atoms with Crippen LogP contribution in [0.4, 0.5) is 4.79 Å². The van der Waals surface area contributed by atoms with Gasteiger partial charge < -0.3 is 14.7 Å². The molecule has 4 nitrogen and oxygen atoms in total. The maximum absolute atomic E-state index is 11.4. The fourth-order valence-corrected chi connectivity index (χ4v) is 1.54. The molecule has 0 aromatic carbocycles. The highest BCUT2D eigenvalue weighted by molar-refractivity contribution is 5.68. The van der Waals surface area contributed by atoms with Crippen LogP contribution in [0.3, 0.4) is 0 Å². The largest absolute Gasteiger partial charge is 0.447 e. The van der Waals surface area contributed by atoms with Crippen LogP contribution < -0.4 is 0 Å². The molecule has 1 aliphatic heterocycles. The van der Waals surface area contributed by atoms with E-state index in [2.05, 4.69) is 0 Å². The van der Waals surface area contributed by atoms with Crippen LogP contribution in [0.15, 0.2) is 0 Å². The molecule has 76 valence electrons. The van der Waals surface area contributed by atoms with Crippen LogP contribution in [0.1, 0.15) is 26.7 Å². The average molecular weight is 187 g/mol. The van der Waals surface area contributed by atoms with E-state index in [-0.39, 0.29) is 24.8 Å². The zero-order valence-corrected chi connectivity index (χ0v) is 8.19. The SMILES string of the molecule is CC(C)OC(=O)N1CCCC1CO. The number of hydrogen-bond acceptors (Lipinski definition) is 3. The van der Waals surface area contributed by atoms with E-state index in [1.807, 2.05) is 13.8 Å². The molecule has 0 aromatic heterocycles. The highest BCUT2D eigenvalue weighted by Gasteiger charge is 2.29. The molecule has 13 heavy (non-hydrogen) atoms. The molecule has 1 saturated heterocycles. The van der Waals surface area contributed by atoms with Gasteiger partial charge in [-0.15, -0.1) is 0 Å². The van der Waals surface area contributed by atoms with Crippen molar-refractivity contribution >= 4 is 6.09 Å². The van der Waals surface area contributed by atoms with Gasteiger partial charge in [-0.3, -0.25) is 0 Å². The highest BCUT2D eigenvalue weighted by Crippen LogP contribution is 2.17. The van der Waals surface area contributed by atoms with Crippen molar-refractivity contribution in [2.45, 2.75) is 38.8 Å². The minimum atomic E-state index is -0.299. The molecular formula is C9H17NO3. The normalized spacial score (nSPS) is 22.5. The van der Waals surface area contributed by atoms with Gasteiger partial charge >= 0.3 is 6.09 Å². The molecule has 0 saturated carbocycles. The van der Waals surface area contributed by atoms with E-state index in [4.69, 9.17) is 9.84 Å². The van der Waals surface area contributed by atoms with Gasteiger partial charge in [-0.25, -0.2) is 4.79 Å². The van der Waals surface area contributed by atoms with Crippen LogP contribution >= 0.6 is 0 Å². The molecule has 1 aliphatic rings. The Labute approximate surface area is 78.5 Å². The van der Waals surface area contributed by atoms with Gasteiger partial charge in [0.15, 0.2) is 0 Å². The first-order valence-electron chi connectivity index (χ1n) is 4.73. The van der Waals surface area contributed by atoms with Crippen molar-refractivity contribution in [2.24, 2.45) is 0 Å². The summed E-state index contributed by atoms with van der Waals surface area (Å²) in [5.74, 6) is 0. The minimum absolute atomic E-state index is 0.0349. The minimum Gasteiger partial charge on any atom is -0.447 e. The molecule has 1 fully saturated rings. The molecular weight excluding hydrogens is 170 g/mol. The third-order valence-electron chi connectivity index (χ3n) is 2.16. The first-order chi connectivity index (χ1) is 6.15. The van der Waals surface area contributed by atoms with Gasteiger partial charge in [0.1, 0.15) is 0 Å². The second kappa shape index (κ2) is 4.46. The Morgan fingerprint density at radius 3 is 2.92 bits per heavy atom. The summed E-state index contributed by atoms with van der Waals surface area (Å²) >= 11 is 0. The predicted molar refractivity (Wildman–Crippen MR) is 48.4 cm³/mol. The van der Waals surface area contributed by atoms with E-state index in [1.54, 1.807) is 4.90 Å². The zero-order valence-electron chi connectivity index (χ0n) is 8.19. The molecule has 0 aromatic rings. The Morgan fingerprint density at radius 1 is 1.69 bits per heavy atom. The van der Waals surface area contributed by atoms with Gasteiger partial charge in [-0.2, -0.15) is 0 Å². The number of amides is 1. The van der Waals surface area contributed by atoms with Crippen LogP contribution in [0.2, 0.25) is 0 Å². The summed E-state index contributed by atoms with van der Waals surface area (Å²) in [5.41, 5.74) is 0. The number of ether oxygens (including phenoxy) is 1. The molecule has 0 radical (unpaired) electrons. The Bertz CT molecular complexity index is 182. The smallest absolute Gasteiger partial charge is 0.410 e. The number of aliphatic hydroxyl groups excluding tert-OH is 1. The third kappa shape index (κ3) is 2.59. The van der Waals surface area contributed by atoms with Crippen LogP contribution in [0, 0.1) is 0 Å². The Kier molecular flexibility index (Phi) is 3.54. The van der Waals surface area contributed by atoms with Crippen molar-refractivity contribution in [2.75, 3.05) is 13.2 Å². The number of aliphatic hydroxyl groups is 1. The summed E-state index contributed by atoms with van der Waals surface area (Å²) in [5, 5.41) is 8.97. The lowest BCUT2D eigenvalue weighted by atomic mass is 10.2. The van der Waals surface area contributed by atoms with Gasteiger partial charge in [0.05, 0.1) is 18.8 Å². The van der Waals surface area contributed by atoms with Gasteiger partial charge in [0, 0.05) is 6.54 Å². The van der Waals surface area contributed by atoms with E-state index in [1.165, 1.54) is 0 Å². The molecule has 4 heteroatoms. The van der Waals surface area contributed by atoms with E-state index in [0.717, 1.165) is 12.8 Å². The molecule has 0 aliphatic carbocycles. The molecule has 1 rings (SSSR count). The quantitative estimate of drug-likeness (QED) is 0.701. The Morgan fingerprint density at radius 2 is 2.38 bits per heavy atom. The topological polar surface area (TPSA) is 49.8 Å². The average Bonchev–Trinajstić information content (AvgIpc) is 2.49. The fourth-order valence-electron chi connectivity index (χ4n) is 1.54. The van der Waals surface area contributed by atoms with Crippen molar-refractivity contribution in [1.29, 1.82) is 0 Å².